The molecule has 6 rings (SSSR count). The molecule has 0 atom stereocenters. The van der Waals surface area contributed by atoms with E-state index in [0.717, 1.165) is 35.4 Å². The van der Waals surface area contributed by atoms with Gasteiger partial charge in [0.15, 0.2) is 0 Å². The Hall–Kier alpha value is -2.86. The molecule has 0 N–H and O–H groups in total. The van der Waals surface area contributed by atoms with Crippen molar-refractivity contribution in [3.8, 4) is 32.0 Å². The van der Waals surface area contributed by atoms with Crippen molar-refractivity contribution in [2.75, 3.05) is 0 Å². The minimum atomic E-state index is 0.680. The molecule has 38 heavy (non-hydrogen) atoms. The van der Waals surface area contributed by atoms with Gasteiger partial charge in [0.25, 0.3) is 0 Å². The Labute approximate surface area is 237 Å². The SMILES string of the molecule is CC(C)CCc1ccc(-c2ccc(-c3cc4sc(-c5ccc(CC(C)C)cc5)cc4s3)c3nsnc23)cc1. The molecular formula is C33H32N2S3. The molecule has 0 amide bonds. The molecule has 3 heterocycles. The van der Waals surface area contributed by atoms with Crippen LogP contribution in [0.4, 0.5) is 0 Å². The van der Waals surface area contributed by atoms with E-state index in [1.165, 1.54) is 65.1 Å². The van der Waals surface area contributed by atoms with Gasteiger partial charge in [0.05, 0.1) is 11.7 Å². The zero-order chi connectivity index (χ0) is 26.2. The van der Waals surface area contributed by atoms with E-state index in [-0.39, 0.29) is 0 Å². The zero-order valence-corrected chi connectivity index (χ0v) is 24.8. The first kappa shape index (κ1) is 25.4. The summed E-state index contributed by atoms with van der Waals surface area (Å²) in [5, 5.41) is 0. The third kappa shape index (κ3) is 5.20. The Morgan fingerprint density at radius 1 is 0.605 bits per heavy atom. The predicted octanol–water partition coefficient (Wildman–Crippen LogP) is 10.8. The van der Waals surface area contributed by atoms with E-state index in [1.807, 2.05) is 22.7 Å². The van der Waals surface area contributed by atoms with Crippen LogP contribution in [-0.2, 0) is 12.8 Å². The molecule has 5 heteroatoms. The van der Waals surface area contributed by atoms with Crippen LogP contribution < -0.4 is 0 Å². The lowest BCUT2D eigenvalue weighted by molar-refractivity contribution is 0.587. The Balaban J connectivity index is 1.28. The molecule has 0 fully saturated rings. The number of aromatic nitrogens is 2. The molecule has 3 aromatic heterocycles. The minimum absolute atomic E-state index is 0.680. The quantitative estimate of drug-likeness (QED) is 0.188. The Kier molecular flexibility index (Phi) is 7.17. The third-order valence-corrected chi connectivity index (χ3v) is 9.95. The number of rotatable bonds is 8. The summed E-state index contributed by atoms with van der Waals surface area (Å²) in [6, 6.07) is 27.2. The van der Waals surface area contributed by atoms with E-state index in [9.17, 15) is 0 Å². The van der Waals surface area contributed by atoms with Crippen LogP contribution in [0.25, 0.3) is 52.4 Å². The maximum absolute atomic E-state index is 4.74. The van der Waals surface area contributed by atoms with E-state index in [2.05, 4.69) is 100 Å². The Morgan fingerprint density at radius 2 is 1.18 bits per heavy atom. The summed E-state index contributed by atoms with van der Waals surface area (Å²) in [5.41, 5.74) is 9.67. The lowest BCUT2D eigenvalue weighted by atomic mass is 9.97. The number of fused-ring (bicyclic) bond motifs is 2. The normalized spacial score (nSPS) is 11.9. The molecule has 0 bridgehead atoms. The zero-order valence-electron chi connectivity index (χ0n) is 22.3. The second-order valence-corrected chi connectivity index (χ2v) is 13.7. The first-order valence-electron chi connectivity index (χ1n) is 13.4. The number of hydrogen-bond acceptors (Lipinski definition) is 5. The average Bonchev–Trinajstić information content (AvgIpc) is 3.63. The van der Waals surface area contributed by atoms with Crippen LogP contribution in [0, 0.1) is 11.8 Å². The van der Waals surface area contributed by atoms with Gasteiger partial charge in [-0.3, -0.25) is 0 Å². The maximum atomic E-state index is 4.74. The van der Waals surface area contributed by atoms with Gasteiger partial charge in [-0.25, -0.2) is 0 Å². The summed E-state index contributed by atoms with van der Waals surface area (Å²) in [6.45, 7) is 9.11. The maximum Gasteiger partial charge on any atom is 0.114 e. The van der Waals surface area contributed by atoms with Crippen LogP contribution in [0.3, 0.4) is 0 Å². The molecule has 0 spiro atoms. The Morgan fingerprint density at radius 3 is 1.87 bits per heavy atom. The fourth-order valence-electron chi connectivity index (χ4n) is 4.99. The highest BCUT2D eigenvalue weighted by Crippen LogP contribution is 2.44. The first-order valence-corrected chi connectivity index (χ1v) is 15.8. The molecule has 6 aromatic rings. The van der Waals surface area contributed by atoms with Gasteiger partial charge in [0.1, 0.15) is 11.0 Å². The van der Waals surface area contributed by atoms with Crippen LogP contribution in [0.2, 0.25) is 0 Å². The van der Waals surface area contributed by atoms with Crippen molar-refractivity contribution in [1.82, 2.24) is 8.75 Å². The van der Waals surface area contributed by atoms with E-state index < -0.39 is 0 Å². The molecule has 0 aliphatic carbocycles. The van der Waals surface area contributed by atoms with Gasteiger partial charge >= 0.3 is 0 Å². The van der Waals surface area contributed by atoms with Crippen molar-refractivity contribution in [1.29, 1.82) is 0 Å². The second-order valence-electron chi connectivity index (χ2n) is 11.0. The van der Waals surface area contributed by atoms with Crippen molar-refractivity contribution >= 4 is 54.8 Å². The molecule has 2 nitrogen and oxygen atoms in total. The van der Waals surface area contributed by atoms with Gasteiger partial charge in [-0.15, -0.1) is 22.7 Å². The molecule has 0 saturated carbocycles. The van der Waals surface area contributed by atoms with Gasteiger partial charge in [0, 0.05) is 30.3 Å². The van der Waals surface area contributed by atoms with Gasteiger partial charge in [0.2, 0.25) is 0 Å². The summed E-state index contributed by atoms with van der Waals surface area (Å²) in [7, 11) is 0. The van der Waals surface area contributed by atoms with Crippen molar-refractivity contribution in [3.05, 3.63) is 83.9 Å². The average molecular weight is 553 g/mol. The van der Waals surface area contributed by atoms with E-state index >= 15 is 0 Å². The smallest absolute Gasteiger partial charge is 0.114 e. The number of benzene rings is 3. The summed E-state index contributed by atoms with van der Waals surface area (Å²) < 4.78 is 12.1. The van der Waals surface area contributed by atoms with E-state index in [1.54, 1.807) is 0 Å². The monoisotopic (exact) mass is 552 g/mol. The number of hydrogen-bond donors (Lipinski definition) is 0. The van der Waals surface area contributed by atoms with Crippen molar-refractivity contribution in [3.63, 3.8) is 0 Å². The fourth-order valence-corrected chi connectivity index (χ4v) is 7.99. The Bertz CT molecular complexity index is 1650. The number of thiophene rings is 2. The molecule has 3 aromatic carbocycles. The van der Waals surface area contributed by atoms with E-state index in [4.69, 9.17) is 8.75 Å². The highest BCUT2D eigenvalue weighted by Gasteiger charge is 2.17. The summed E-state index contributed by atoms with van der Waals surface area (Å²) in [4.78, 5) is 2.60. The highest BCUT2D eigenvalue weighted by atomic mass is 32.1. The lowest BCUT2D eigenvalue weighted by Gasteiger charge is -2.08. The van der Waals surface area contributed by atoms with Crippen LogP contribution in [-0.4, -0.2) is 8.75 Å². The molecule has 0 unspecified atom stereocenters. The molecule has 0 aliphatic heterocycles. The van der Waals surface area contributed by atoms with Crippen LogP contribution in [0.15, 0.2) is 72.8 Å². The van der Waals surface area contributed by atoms with E-state index in [0.29, 0.717) is 5.92 Å². The van der Waals surface area contributed by atoms with Gasteiger partial charge in [-0.2, -0.15) is 8.75 Å². The first-order chi connectivity index (χ1) is 18.4. The van der Waals surface area contributed by atoms with Gasteiger partial charge < -0.3 is 0 Å². The standard InChI is InChI=1S/C33H32N2S3/c1-20(2)5-6-22-7-11-24(12-8-22)26-15-16-27(33-32(26)34-38-35-33)29-19-31-30(37-29)18-28(36-31)25-13-9-23(10-14-25)17-21(3)4/h7-16,18-21H,5-6,17H2,1-4H3. The fraction of sp³-hybridized carbons (Fsp3) is 0.273. The summed E-state index contributed by atoms with van der Waals surface area (Å²) in [6.07, 6.45) is 3.48. The molecule has 0 saturated heterocycles. The third-order valence-electron chi connectivity index (χ3n) is 7.05. The van der Waals surface area contributed by atoms with Crippen LogP contribution in [0.5, 0.6) is 0 Å². The second kappa shape index (κ2) is 10.7. The largest absolute Gasteiger partial charge is 0.172 e. The molecule has 192 valence electrons. The number of aryl methyl sites for hydroxylation is 1. The molecule has 0 aliphatic rings. The summed E-state index contributed by atoms with van der Waals surface area (Å²) in [5.74, 6) is 1.41. The lowest BCUT2D eigenvalue weighted by Crippen LogP contribution is -1.93. The van der Waals surface area contributed by atoms with Gasteiger partial charge in [-0.1, -0.05) is 88.4 Å². The van der Waals surface area contributed by atoms with Gasteiger partial charge in [-0.05, 0) is 65.5 Å². The number of nitrogens with zero attached hydrogens (tertiary/aromatic N) is 2. The van der Waals surface area contributed by atoms with Crippen LogP contribution >= 0.6 is 34.4 Å². The van der Waals surface area contributed by atoms with Crippen molar-refractivity contribution < 1.29 is 0 Å². The van der Waals surface area contributed by atoms with Crippen molar-refractivity contribution in [2.45, 2.75) is 47.0 Å². The minimum Gasteiger partial charge on any atom is -0.172 e. The molecular weight excluding hydrogens is 521 g/mol. The molecule has 0 radical (unpaired) electrons. The van der Waals surface area contributed by atoms with Crippen LogP contribution in [0.1, 0.15) is 45.2 Å². The predicted molar refractivity (Wildman–Crippen MR) is 169 cm³/mol. The van der Waals surface area contributed by atoms with Crippen molar-refractivity contribution in [2.24, 2.45) is 11.8 Å². The summed E-state index contributed by atoms with van der Waals surface area (Å²) >= 11 is 5.04. The highest BCUT2D eigenvalue weighted by molar-refractivity contribution is 7.31. The topological polar surface area (TPSA) is 25.8 Å².